The highest BCUT2D eigenvalue weighted by molar-refractivity contribution is 7.20. The summed E-state index contributed by atoms with van der Waals surface area (Å²) in [5, 5.41) is 15.0. The highest BCUT2D eigenvalue weighted by Gasteiger charge is 2.19. The highest BCUT2D eigenvalue weighted by atomic mass is 32.1. The maximum atomic E-state index is 12.8. The third kappa shape index (κ3) is 3.91. The van der Waals surface area contributed by atoms with E-state index >= 15 is 0 Å². The molecule has 2 amide bonds. The first-order valence-electron chi connectivity index (χ1n) is 9.04. The molecule has 0 aliphatic rings. The first-order chi connectivity index (χ1) is 15.2. The molecule has 9 nitrogen and oxygen atoms in total. The predicted octanol–water partition coefficient (Wildman–Crippen LogP) is 4.04. The number of rotatable bonds is 5. The van der Waals surface area contributed by atoms with Gasteiger partial charge in [-0.25, -0.2) is 4.98 Å². The molecule has 0 saturated heterocycles. The molecule has 0 aliphatic carbocycles. The zero-order valence-corrected chi connectivity index (χ0v) is 17.3. The van der Waals surface area contributed by atoms with Crippen molar-refractivity contribution in [3.8, 4) is 11.3 Å². The lowest BCUT2D eigenvalue weighted by Gasteiger charge is -2.04. The fourth-order valence-corrected chi connectivity index (χ4v) is 4.47. The summed E-state index contributed by atoms with van der Waals surface area (Å²) in [5.41, 5.74) is 2.65. The van der Waals surface area contributed by atoms with Crippen molar-refractivity contribution in [2.45, 2.75) is 0 Å². The number of fused-ring (bicyclic) bond motifs is 1. The van der Waals surface area contributed by atoms with Crippen molar-refractivity contribution >= 4 is 55.5 Å². The van der Waals surface area contributed by atoms with Crippen LogP contribution in [-0.4, -0.2) is 37.0 Å². The Bertz CT molecular complexity index is 1360. The largest absolute Gasteiger partial charge is 0.311 e. The first-order valence-corrected chi connectivity index (χ1v) is 10.7. The van der Waals surface area contributed by atoms with Crippen molar-refractivity contribution in [2.24, 2.45) is 0 Å². The molecule has 5 heterocycles. The Morgan fingerprint density at radius 2 is 1.81 bits per heavy atom. The van der Waals surface area contributed by atoms with E-state index in [4.69, 9.17) is 0 Å². The summed E-state index contributed by atoms with van der Waals surface area (Å²) in [5.74, 6) is -0.380. The van der Waals surface area contributed by atoms with Crippen LogP contribution in [0.2, 0.25) is 0 Å². The van der Waals surface area contributed by atoms with Gasteiger partial charge in [-0.05, 0) is 29.6 Å². The van der Waals surface area contributed by atoms with E-state index in [1.54, 1.807) is 48.4 Å². The maximum Gasteiger partial charge on any atom is 0.285 e. The van der Waals surface area contributed by atoms with Crippen LogP contribution in [0, 0.1) is 0 Å². The molecule has 152 valence electrons. The van der Waals surface area contributed by atoms with Crippen molar-refractivity contribution in [2.75, 3.05) is 10.6 Å². The smallest absolute Gasteiger partial charge is 0.285 e. The van der Waals surface area contributed by atoms with E-state index in [1.807, 2.05) is 12.1 Å². The number of aromatic amines is 1. The molecule has 5 aromatic rings. The van der Waals surface area contributed by atoms with Crippen molar-refractivity contribution < 1.29 is 9.59 Å². The minimum Gasteiger partial charge on any atom is -0.311 e. The van der Waals surface area contributed by atoms with Crippen LogP contribution in [0.15, 0.2) is 60.5 Å². The van der Waals surface area contributed by atoms with Gasteiger partial charge in [0.05, 0.1) is 22.2 Å². The molecule has 0 aromatic carbocycles. The van der Waals surface area contributed by atoms with Crippen LogP contribution in [0.1, 0.15) is 20.2 Å². The second kappa shape index (κ2) is 8.05. The molecular weight excluding hydrogens is 434 g/mol. The number of carbonyl (C=O) groups excluding carboxylic acids is 2. The molecule has 31 heavy (non-hydrogen) atoms. The lowest BCUT2D eigenvalue weighted by Crippen LogP contribution is -2.16. The fourth-order valence-electron chi connectivity index (χ4n) is 2.87. The number of thiophene rings is 1. The van der Waals surface area contributed by atoms with Gasteiger partial charge in [0, 0.05) is 30.2 Å². The van der Waals surface area contributed by atoms with Gasteiger partial charge in [0.2, 0.25) is 0 Å². The normalized spacial score (nSPS) is 10.8. The van der Waals surface area contributed by atoms with Crippen molar-refractivity contribution in [3.63, 3.8) is 0 Å². The molecule has 5 aromatic heterocycles. The van der Waals surface area contributed by atoms with E-state index in [-0.39, 0.29) is 11.8 Å². The van der Waals surface area contributed by atoms with Crippen LogP contribution >= 0.6 is 22.7 Å². The number of pyridine rings is 2. The molecule has 0 bridgehead atoms. The van der Waals surface area contributed by atoms with E-state index in [0.717, 1.165) is 16.0 Å². The minimum absolute atomic E-state index is 0.303. The van der Waals surface area contributed by atoms with E-state index in [0.29, 0.717) is 26.9 Å². The maximum absolute atomic E-state index is 12.8. The van der Waals surface area contributed by atoms with Gasteiger partial charge in [-0.2, -0.15) is 5.10 Å². The molecule has 0 unspecified atom stereocenters. The number of anilines is 2. The highest BCUT2D eigenvalue weighted by Crippen LogP contribution is 2.27. The van der Waals surface area contributed by atoms with Gasteiger partial charge in [0.15, 0.2) is 10.8 Å². The molecule has 0 saturated carbocycles. The monoisotopic (exact) mass is 447 g/mol. The average Bonchev–Trinajstić information content (AvgIpc) is 3.53. The molecule has 0 aliphatic heterocycles. The van der Waals surface area contributed by atoms with Gasteiger partial charge >= 0.3 is 0 Å². The fraction of sp³-hybridized carbons (Fsp3) is 0. The summed E-state index contributed by atoms with van der Waals surface area (Å²) in [6, 6.07) is 8.85. The van der Waals surface area contributed by atoms with Crippen LogP contribution < -0.4 is 10.6 Å². The van der Waals surface area contributed by atoms with E-state index in [2.05, 4.69) is 35.8 Å². The van der Waals surface area contributed by atoms with Crippen LogP contribution in [0.3, 0.4) is 0 Å². The van der Waals surface area contributed by atoms with Gasteiger partial charge in [0.1, 0.15) is 10.5 Å². The Morgan fingerprint density at radius 3 is 2.65 bits per heavy atom. The zero-order valence-electron chi connectivity index (χ0n) is 15.7. The molecule has 11 heteroatoms. The quantitative estimate of drug-likeness (QED) is 0.373. The molecule has 0 fully saturated rings. The number of nitrogens with one attached hydrogen (secondary N) is 3. The number of H-pyrrole nitrogens is 1. The number of hydrogen-bond acceptors (Lipinski definition) is 8. The molecule has 3 N–H and O–H groups in total. The molecule has 0 radical (unpaired) electrons. The zero-order chi connectivity index (χ0) is 21.2. The van der Waals surface area contributed by atoms with Crippen LogP contribution in [0.25, 0.3) is 21.5 Å². The number of hydrogen-bond donors (Lipinski definition) is 3. The van der Waals surface area contributed by atoms with Crippen molar-refractivity contribution in [1.82, 2.24) is 25.1 Å². The molecule has 0 atom stereocenters. The van der Waals surface area contributed by atoms with E-state index < -0.39 is 0 Å². The van der Waals surface area contributed by atoms with E-state index in [9.17, 15) is 9.59 Å². The lowest BCUT2D eigenvalue weighted by atomic mass is 10.2. The minimum atomic E-state index is -0.377. The second-order valence-electron chi connectivity index (χ2n) is 6.34. The lowest BCUT2D eigenvalue weighted by molar-refractivity contribution is 0.102. The SMILES string of the molecule is O=C(Nc1sccc1C(=O)Nc1cc(-c2ccncc2)[nH]n1)c1nc2cnccc2s1. The standard InChI is InChI=1S/C20H13N7O2S2/c28-17(24-16-9-13(26-27-16)11-1-5-21-6-2-11)12-4-8-30-19(12)25-18(29)20-23-14-10-22-7-3-15(14)31-20/h1-10H,(H,25,29)(H2,24,26,27,28). The van der Waals surface area contributed by atoms with E-state index in [1.165, 1.54) is 22.7 Å². The summed E-state index contributed by atoms with van der Waals surface area (Å²) in [6.45, 7) is 0. The van der Waals surface area contributed by atoms with Gasteiger partial charge in [-0.15, -0.1) is 22.7 Å². The second-order valence-corrected chi connectivity index (χ2v) is 8.28. The Kier molecular flexibility index (Phi) is 4.94. The first kappa shape index (κ1) is 19.0. The molecular formula is C20H13N7O2S2. The summed E-state index contributed by atoms with van der Waals surface area (Å²) in [7, 11) is 0. The molecule has 5 rings (SSSR count). The van der Waals surface area contributed by atoms with Crippen molar-refractivity contribution in [3.05, 3.63) is 71.1 Å². The number of thiazole rings is 1. The number of carbonyl (C=O) groups is 2. The topological polar surface area (TPSA) is 126 Å². The van der Waals surface area contributed by atoms with Gasteiger partial charge in [0.25, 0.3) is 11.8 Å². The van der Waals surface area contributed by atoms with Gasteiger partial charge < -0.3 is 10.6 Å². The molecule has 0 spiro atoms. The van der Waals surface area contributed by atoms with Gasteiger partial charge in [-0.1, -0.05) is 0 Å². The van der Waals surface area contributed by atoms with Crippen LogP contribution in [-0.2, 0) is 0 Å². The summed E-state index contributed by atoms with van der Waals surface area (Å²) in [4.78, 5) is 37.7. The van der Waals surface area contributed by atoms with Crippen LogP contribution in [0.5, 0.6) is 0 Å². The number of aromatic nitrogens is 5. The van der Waals surface area contributed by atoms with Crippen molar-refractivity contribution in [1.29, 1.82) is 0 Å². The Balaban J connectivity index is 1.31. The summed E-state index contributed by atoms with van der Waals surface area (Å²) >= 11 is 2.52. The third-order valence-corrected chi connectivity index (χ3v) is 6.20. The number of nitrogens with zero attached hydrogens (tertiary/aromatic N) is 4. The Labute approximate surface area is 183 Å². The summed E-state index contributed by atoms with van der Waals surface area (Å²) in [6.07, 6.45) is 6.61. The summed E-state index contributed by atoms with van der Waals surface area (Å²) < 4.78 is 0.868. The Morgan fingerprint density at radius 1 is 0.968 bits per heavy atom. The number of amides is 2. The van der Waals surface area contributed by atoms with Gasteiger partial charge in [-0.3, -0.25) is 24.7 Å². The Hall–Kier alpha value is -3.96. The average molecular weight is 448 g/mol. The van der Waals surface area contributed by atoms with Crippen LogP contribution in [0.4, 0.5) is 10.8 Å². The predicted molar refractivity (Wildman–Crippen MR) is 119 cm³/mol. The third-order valence-electron chi connectivity index (χ3n) is 4.33.